The molecule has 1 amide bonds. The molecule has 0 aromatic carbocycles. The number of rotatable bonds is 3. The van der Waals surface area contributed by atoms with E-state index in [0.29, 0.717) is 19.7 Å². The lowest BCUT2D eigenvalue weighted by Gasteiger charge is -2.40. The first-order chi connectivity index (χ1) is 7.58. The van der Waals surface area contributed by atoms with Crippen molar-refractivity contribution >= 4 is 11.9 Å². The molecule has 16 heavy (non-hydrogen) atoms. The van der Waals surface area contributed by atoms with Gasteiger partial charge in [-0.25, -0.2) is 0 Å². The Morgan fingerprint density at radius 3 is 2.62 bits per heavy atom. The van der Waals surface area contributed by atoms with Crippen LogP contribution in [0.15, 0.2) is 0 Å². The summed E-state index contributed by atoms with van der Waals surface area (Å²) in [6.45, 7) is 3.81. The third kappa shape index (κ3) is 2.19. The standard InChI is InChI=1S/C11H17NO4/c1-7-2-3-16-10(7)11(15)12-5-8(6-12)4-9(13)14/h7-8,10H,2-6H2,1H3,(H,13,14). The smallest absolute Gasteiger partial charge is 0.303 e. The van der Waals surface area contributed by atoms with E-state index >= 15 is 0 Å². The van der Waals surface area contributed by atoms with Crippen LogP contribution >= 0.6 is 0 Å². The number of aliphatic carboxylic acids is 1. The molecule has 0 radical (unpaired) electrons. The maximum Gasteiger partial charge on any atom is 0.303 e. The molecule has 2 aliphatic rings. The molecule has 2 fully saturated rings. The first-order valence-electron chi connectivity index (χ1n) is 5.70. The lowest BCUT2D eigenvalue weighted by Crippen LogP contribution is -2.54. The second-order valence-electron chi connectivity index (χ2n) is 4.76. The molecule has 90 valence electrons. The van der Waals surface area contributed by atoms with E-state index in [4.69, 9.17) is 9.84 Å². The van der Waals surface area contributed by atoms with Crippen molar-refractivity contribution < 1.29 is 19.4 Å². The van der Waals surface area contributed by atoms with Crippen LogP contribution in [0.4, 0.5) is 0 Å². The van der Waals surface area contributed by atoms with Gasteiger partial charge in [0.05, 0.1) is 6.42 Å². The van der Waals surface area contributed by atoms with Crippen LogP contribution in [0.2, 0.25) is 0 Å². The minimum atomic E-state index is -0.789. The van der Waals surface area contributed by atoms with Gasteiger partial charge in [0.1, 0.15) is 6.10 Å². The van der Waals surface area contributed by atoms with Gasteiger partial charge >= 0.3 is 5.97 Å². The van der Waals surface area contributed by atoms with Crippen LogP contribution < -0.4 is 0 Å². The summed E-state index contributed by atoms with van der Waals surface area (Å²) in [7, 11) is 0. The van der Waals surface area contributed by atoms with Crippen molar-refractivity contribution in [2.45, 2.75) is 25.9 Å². The van der Waals surface area contributed by atoms with Gasteiger partial charge in [0.25, 0.3) is 5.91 Å². The monoisotopic (exact) mass is 227 g/mol. The Labute approximate surface area is 94.4 Å². The van der Waals surface area contributed by atoms with Gasteiger partial charge in [0, 0.05) is 25.6 Å². The number of carbonyl (C=O) groups excluding carboxylic acids is 1. The van der Waals surface area contributed by atoms with Crippen molar-refractivity contribution in [2.75, 3.05) is 19.7 Å². The van der Waals surface area contributed by atoms with Crippen LogP contribution in [0.5, 0.6) is 0 Å². The fourth-order valence-corrected chi connectivity index (χ4v) is 2.32. The van der Waals surface area contributed by atoms with Crippen LogP contribution in [0.1, 0.15) is 19.8 Å². The molecule has 0 aromatic heterocycles. The van der Waals surface area contributed by atoms with Crippen molar-refractivity contribution in [3.05, 3.63) is 0 Å². The molecule has 0 bridgehead atoms. The van der Waals surface area contributed by atoms with Gasteiger partial charge < -0.3 is 14.7 Å². The van der Waals surface area contributed by atoms with E-state index in [9.17, 15) is 9.59 Å². The average Bonchev–Trinajstić information content (AvgIpc) is 2.56. The van der Waals surface area contributed by atoms with Crippen molar-refractivity contribution in [2.24, 2.45) is 11.8 Å². The number of ether oxygens (including phenoxy) is 1. The third-order valence-electron chi connectivity index (χ3n) is 3.36. The second-order valence-corrected chi connectivity index (χ2v) is 4.76. The molecular weight excluding hydrogens is 210 g/mol. The van der Waals surface area contributed by atoms with Crippen molar-refractivity contribution in [3.63, 3.8) is 0 Å². The first kappa shape index (κ1) is 11.4. The number of carbonyl (C=O) groups is 2. The molecule has 2 aliphatic heterocycles. The van der Waals surface area contributed by atoms with E-state index in [0.717, 1.165) is 6.42 Å². The van der Waals surface area contributed by atoms with Crippen molar-refractivity contribution in [1.29, 1.82) is 0 Å². The molecule has 2 rings (SSSR count). The summed E-state index contributed by atoms with van der Waals surface area (Å²) < 4.78 is 5.39. The largest absolute Gasteiger partial charge is 0.481 e. The highest BCUT2D eigenvalue weighted by Gasteiger charge is 2.39. The lowest BCUT2D eigenvalue weighted by molar-refractivity contribution is -0.152. The molecule has 5 nitrogen and oxygen atoms in total. The summed E-state index contributed by atoms with van der Waals surface area (Å²) in [6.07, 6.45) is 0.791. The SMILES string of the molecule is CC1CCOC1C(=O)N1CC(CC(=O)O)C1. The molecule has 2 atom stereocenters. The van der Waals surface area contributed by atoms with Gasteiger partial charge in [0.2, 0.25) is 0 Å². The third-order valence-corrected chi connectivity index (χ3v) is 3.36. The summed E-state index contributed by atoms with van der Waals surface area (Å²) in [4.78, 5) is 24.1. The van der Waals surface area contributed by atoms with E-state index in [1.54, 1.807) is 4.90 Å². The minimum absolute atomic E-state index is 0.0339. The Kier molecular flexibility index (Phi) is 3.14. The molecule has 2 heterocycles. The van der Waals surface area contributed by atoms with Crippen LogP contribution in [0.25, 0.3) is 0 Å². The van der Waals surface area contributed by atoms with E-state index in [-0.39, 0.29) is 30.3 Å². The quantitative estimate of drug-likeness (QED) is 0.755. The predicted octanol–water partition coefficient (Wildman–Crippen LogP) is 0.344. The molecule has 2 unspecified atom stereocenters. The maximum atomic E-state index is 11.9. The lowest BCUT2D eigenvalue weighted by atomic mass is 9.94. The number of carboxylic acids is 1. The van der Waals surface area contributed by atoms with Crippen LogP contribution in [0, 0.1) is 11.8 Å². The average molecular weight is 227 g/mol. The molecule has 0 saturated carbocycles. The van der Waals surface area contributed by atoms with E-state index in [2.05, 4.69) is 0 Å². The van der Waals surface area contributed by atoms with Gasteiger partial charge in [-0.1, -0.05) is 6.92 Å². The van der Waals surface area contributed by atoms with Crippen LogP contribution in [0.3, 0.4) is 0 Å². The number of hydrogen-bond acceptors (Lipinski definition) is 3. The Hall–Kier alpha value is -1.10. The normalized spacial score (nSPS) is 30.2. The number of amides is 1. The van der Waals surface area contributed by atoms with Crippen LogP contribution in [-0.2, 0) is 14.3 Å². The molecule has 0 spiro atoms. The Morgan fingerprint density at radius 1 is 1.44 bits per heavy atom. The number of nitrogens with zero attached hydrogens (tertiary/aromatic N) is 1. The number of hydrogen-bond donors (Lipinski definition) is 1. The van der Waals surface area contributed by atoms with Crippen molar-refractivity contribution in [3.8, 4) is 0 Å². The van der Waals surface area contributed by atoms with Gasteiger partial charge in [-0.2, -0.15) is 0 Å². The second kappa shape index (κ2) is 4.41. The highest BCUT2D eigenvalue weighted by molar-refractivity contribution is 5.82. The Bertz CT molecular complexity index is 298. The molecular formula is C11H17NO4. The highest BCUT2D eigenvalue weighted by Crippen LogP contribution is 2.26. The molecule has 0 aliphatic carbocycles. The Morgan fingerprint density at radius 2 is 2.12 bits per heavy atom. The number of likely N-dealkylation sites (tertiary alicyclic amines) is 1. The summed E-state index contributed by atoms with van der Waals surface area (Å²) in [5.41, 5.74) is 0. The predicted molar refractivity (Wildman–Crippen MR) is 55.8 cm³/mol. The maximum absolute atomic E-state index is 11.9. The van der Waals surface area contributed by atoms with Crippen molar-refractivity contribution in [1.82, 2.24) is 4.90 Å². The minimum Gasteiger partial charge on any atom is -0.481 e. The van der Waals surface area contributed by atoms with E-state index in [1.807, 2.05) is 6.92 Å². The molecule has 5 heteroatoms. The summed E-state index contributed by atoms with van der Waals surface area (Å²) in [5.74, 6) is -0.349. The van der Waals surface area contributed by atoms with E-state index in [1.165, 1.54) is 0 Å². The molecule has 2 saturated heterocycles. The zero-order valence-corrected chi connectivity index (χ0v) is 9.39. The van der Waals surface area contributed by atoms with Gasteiger partial charge in [-0.15, -0.1) is 0 Å². The van der Waals surface area contributed by atoms with Gasteiger partial charge in [-0.05, 0) is 12.3 Å². The van der Waals surface area contributed by atoms with Gasteiger partial charge in [0.15, 0.2) is 0 Å². The summed E-state index contributed by atoms with van der Waals surface area (Å²) in [6, 6.07) is 0. The Balaban J connectivity index is 1.79. The highest BCUT2D eigenvalue weighted by atomic mass is 16.5. The summed E-state index contributed by atoms with van der Waals surface area (Å²) >= 11 is 0. The zero-order valence-electron chi connectivity index (χ0n) is 9.39. The fraction of sp³-hybridized carbons (Fsp3) is 0.818. The first-order valence-corrected chi connectivity index (χ1v) is 5.70. The fourth-order valence-electron chi connectivity index (χ4n) is 2.32. The molecule has 0 aromatic rings. The van der Waals surface area contributed by atoms with Crippen LogP contribution in [-0.4, -0.2) is 47.7 Å². The van der Waals surface area contributed by atoms with E-state index < -0.39 is 5.97 Å². The summed E-state index contributed by atoms with van der Waals surface area (Å²) in [5, 5.41) is 8.60. The zero-order chi connectivity index (χ0) is 11.7. The van der Waals surface area contributed by atoms with Gasteiger partial charge in [-0.3, -0.25) is 9.59 Å². The molecule has 1 N–H and O–H groups in total. The number of carboxylic acid groups (broad SMARTS) is 1. The topological polar surface area (TPSA) is 66.8 Å².